The quantitative estimate of drug-likeness (QED) is 0.178. The lowest BCUT2D eigenvalue weighted by Crippen LogP contribution is -2.41. The predicted molar refractivity (Wildman–Crippen MR) is 215 cm³/mol. The van der Waals surface area contributed by atoms with Crippen LogP contribution in [0.1, 0.15) is 12.8 Å². The number of anilines is 2. The van der Waals surface area contributed by atoms with Crippen LogP contribution in [-0.2, 0) is 20.0 Å². The van der Waals surface area contributed by atoms with Crippen LogP contribution in [0.4, 0.5) is 34.1 Å². The first kappa shape index (κ1) is 40.6. The van der Waals surface area contributed by atoms with Crippen LogP contribution in [0.3, 0.4) is 0 Å². The number of nitrogens with zero attached hydrogens (tertiary/aromatic N) is 8. The van der Waals surface area contributed by atoms with Crippen LogP contribution in [0.5, 0.6) is 0 Å². The van der Waals surface area contributed by atoms with Gasteiger partial charge in [0.15, 0.2) is 0 Å². The first-order valence-electron chi connectivity index (χ1n) is 17.9. The largest absolute Gasteiger partial charge is 0.378 e. The van der Waals surface area contributed by atoms with Gasteiger partial charge in [-0.25, -0.2) is 16.8 Å². The molecule has 4 aromatic carbocycles. The second-order valence-electron chi connectivity index (χ2n) is 13.2. The summed E-state index contributed by atoms with van der Waals surface area (Å²) in [7, 11) is 0.350. The van der Waals surface area contributed by atoms with E-state index in [2.05, 4.69) is 31.1 Å². The van der Waals surface area contributed by atoms with Crippen molar-refractivity contribution in [2.75, 3.05) is 90.3 Å². The van der Waals surface area contributed by atoms with Crippen molar-refractivity contribution in [1.29, 1.82) is 0 Å². The van der Waals surface area contributed by atoms with Gasteiger partial charge in [-0.15, -0.1) is 0 Å². The van der Waals surface area contributed by atoms with Gasteiger partial charge in [0.05, 0.1) is 32.5 Å². The van der Waals surface area contributed by atoms with E-state index >= 15 is 0 Å². The van der Waals surface area contributed by atoms with Crippen molar-refractivity contribution in [2.45, 2.75) is 22.6 Å². The lowest BCUT2D eigenvalue weighted by Gasteiger charge is -2.25. The average Bonchev–Trinajstić information content (AvgIpc) is 3.17. The molecule has 1 aliphatic heterocycles. The van der Waals surface area contributed by atoms with Crippen LogP contribution >= 0.6 is 0 Å². The van der Waals surface area contributed by atoms with E-state index in [0.29, 0.717) is 74.9 Å². The number of hydrogen-bond acceptors (Lipinski definition) is 12. The molecule has 0 bridgehead atoms. The third kappa shape index (κ3) is 11.2. The molecule has 1 heterocycles. The van der Waals surface area contributed by atoms with Gasteiger partial charge in [-0.2, -0.15) is 29.1 Å². The molecule has 1 aliphatic rings. The molecule has 14 nitrogen and oxygen atoms in total. The van der Waals surface area contributed by atoms with E-state index in [-0.39, 0.29) is 22.9 Å². The summed E-state index contributed by atoms with van der Waals surface area (Å²) in [6, 6.07) is 28.2. The Labute approximate surface area is 319 Å². The van der Waals surface area contributed by atoms with E-state index in [1.807, 2.05) is 86.5 Å². The summed E-state index contributed by atoms with van der Waals surface area (Å²) in [6.45, 7) is 3.09. The Hall–Kier alpha value is -4.58. The summed E-state index contributed by atoms with van der Waals surface area (Å²) < 4.78 is 57.7. The molecule has 0 unspecified atom stereocenters. The number of benzene rings is 4. The summed E-state index contributed by atoms with van der Waals surface area (Å²) in [5.74, 6) is 0. The van der Waals surface area contributed by atoms with Crippen molar-refractivity contribution < 1.29 is 16.8 Å². The molecule has 1 fully saturated rings. The van der Waals surface area contributed by atoms with Crippen LogP contribution in [0, 0.1) is 0 Å². The zero-order valence-electron chi connectivity index (χ0n) is 31.3. The second-order valence-corrected chi connectivity index (χ2v) is 17.1. The van der Waals surface area contributed by atoms with E-state index < -0.39 is 20.0 Å². The van der Waals surface area contributed by atoms with Crippen LogP contribution < -0.4 is 20.4 Å². The van der Waals surface area contributed by atoms with Crippen molar-refractivity contribution in [3.05, 3.63) is 97.1 Å². The van der Waals surface area contributed by atoms with Gasteiger partial charge in [0, 0.05) is 78.8 Å². The van der Waals surface area contributed by atoms with Crippen LogP contribution in [0.15, 0.2) is 127 Å². The lowest BCUT2D eigenvalue weighted by atomic mass is 10.3. The zero-order chi connectivity index (χ0) is 38.6. The van der Waals surface area contributed by atoms with E-state index in [1.165, 1.54) is 8.61 Å². The fourth-order valence-corrected chi connectivity index (χ4v) is 8.61. The highest BCUT2D eigenvalue weighted by Crippen LogP contribution is 2.26. The van der Waals surface area contributed by atoms with Crippen molar-refractivity contribution in [3.63, 3.8) is 0 Å². The first-order chi connectivity index (χ1) is 25.9. The molecule has 0 atom stereocenters. The molecule has 0 aliphatic carbocycles. The molecule has 54 heavy (non-hydrogen) atoms. The average molecular weight is 775 g/mol. The summed E-state index contributed by atoms with van der Waals surface area (Å²) in [4.78, 5) is 4.39. The van der Waals surface area contributed by atoms with Crippen LogP contribution in [0.25, 0.3) is 0 Å². The molecule has 0 aromatic heterocycles. The molecule has 1 saturated heterocycles. The van der Waals surface area contributed by atoms with Gasteiger partial charge < -0.3 is 20.4 Å². The normalized spacial score (nSPS) is 16.4. The maximum atomic E-state index is 13.7. The van der Waals surface area contributed by atoms with Gasteiger partial charge in [-0.3, -0.25) is 0 Å². The molecule has 5 rings (SSSR count). The SMILES string of the molecule is CN(C)c1ccc(N=Nc2ccc(S(=O)(=O)N3CCCNCCN(S(=O)(=O)c4ccc(N=Nc5ccc(N(C)C)cc5)cc4)CCCNCC3)cc2)cc1. The topological polar surface area (TPSA) is 155 Å². The minimum atomic E-state index is -3.76. The highest BCUT2D eigenvalue weighted by atomic mass is 32.2. The molecule has 0 saturated carbocycles. The van der Waals surface area contributed by atoms with Crippen molar-refractivity contribution in [3.8, 4) is 0 Å². The molecular formula is C38H50N10O4S2. The summed E-state index contributed by atoms with van der Waals surface area (Å²) in [6.07, 6.45) is 1.11. The monoisotopic (exact) mass is 774 g/mol. The molecule has 2 N–H and O–H groups in total. The number of azo groups is 2. The van der Waals surface area contributed by atoms with Crippen LogP contribution in [0.2, 0.25) is 0 Å². The maximum absolute atomic E-state index is 13.7. The van der Waals surface area contributed by atoms with E-state index in [9.17, 15) is 16.8 Å². The Kier molecular flexibility index (Phi) is 14.4. The van der Waals surface area contributed by atoms with Gasteiger partial charge in [-0.05, 0) is 123 Å². The Balaban J connectivity index is 1.14. The van der Waals surface area contributed by atoms with E-state index in [4.69, 9.17) is 0 Å². The van der Waals surface area contributed by atoms with Gasteiger partial charge in [0.2, 0.25) is 20.0 Å². The molecule has 288 valence electrons. The Morgan fingerprint density at radius 2 is 0.741 bits per heavy atom. The number of nitrogens with one attached hydrogen (secondary N) is 2. The number of sulfonamides is 2. The third-order valence-corrected chi connectivity index (χ3v) is 12.7. The van der Waals surface area contributed by atoms with Crippen molar-refractivity contribution >= 4 is 54.2 Å². The maximum Gasteiger partial charge on any atom is 0.243 e. The van der Waals surface area contributed by atoms with Crippen molar-refractivity contribution in [1.82, 2.24) is 19.2 Å². The standard InChI is InChI=1S/C38H50N10O4S2/c1-45(2)35-15-7-31(8-16-35)41-43-33-11-19-37(20-12-33)53(49,50)47-27-5-23-40-26-30-48(28-6-24-39-25-29-47)54(51,52)38-21-13-34(14-22-38)44-42-32-9-17-36(18-10-32)46(3)4/h7-22,39-40H,5-6,23-30H2,1-4H3. The highest BCUT2D eigenvalue weighted by Gasteiger charge is 2.26. The van der Waals surface area contributed by atoms with Crippen molar-refractivity contribution in [2.24, 2.45) is 20.5 Å². The van der Waals surface area contributed by atoms with Crippen LogP contribution in [-0.4, -0.2) is 106 Å². The Morgan fingerprint density at radius 3 is 1.04 bits per heavy atom. The highest BCUT2D eigenvalue weighted by molar-refractivity contribution is 7.89. The molecule has 0 radical (unpaired) electrons. The molecular weight excluding hydrogens is 725 g/mol. The minimum absolute atomic E-state index is 0.192. The minimum Gasteiger partial charge on any atom is -0.378 e. The van der Waals surface area contributed by atoms with E-state index in [0.717, 1.165) is 11.4 Å². The fraction of sp³-hybridized carbons (Fsp3) is 0.368. The predicted octanol–water partition coefficient (Wildman–Crippen LogP) is 6.30. The van der Waals surface area contributed by atoms with Gasteiger partial charge in [-0.1, -0.05) is 0 Å². The molecule has 16 heteroatoms. The lowest BCUT2D eigenvalue weighted by molar-refractivity contribution is 0.367. The third-order valence-electron chi connectivity index (χ3n) is 8.84. The molecule has 4 aromatic rings. The van der Waals surface area contributed by atoms with Gasteiger partial charge in [0.1, 0.15) is 0 Å². The number of hydrogen-bond donors (Lipinski definition) is 2. The first-order valence-corrected chi connectivity index (χ1v) is 20.8. The summed E-state index contributed by atoms with van der Waals surface area (Å²) in [5, 5.41) is 23.7. The summed E-state index contributed by atoms with van der Waals surface area (Å²) in [5.41, 5.74) is 4.62. The fourth-order valence-electron chi connectivity index (χ4n) is 5.66. The summed E-state index contributed by atoms with van der Waals surface area (Å²) >= 11 is 0. The van der Waals surface area contributed by atoms with Gasteiger partial charge in [0.25, 0.3) is 0 Å². The second kappa shape index (κ2) is 19.1. The van der Waals surface area contributed by atoms with Gasteiger partial charge >= 0.3 is 0 Å². The molecule has 0 amide bonds. The zero-order valence-corrected chi connectivity index (χ0v) is 33.0. The smallest absolute Gasteiger partial charge is 0.243 e. The van der Waals surface area contributed by atoms with E-state index in [1.54, 1.807) is 48.5 Å². The number of rotatable bonds is 10. The Morgan fingerprint density at radius 1 is 0.444 bits per heavy atom. The molecule has 0 spiro atoms. The Bertz CT molecular complexity index is 1890.